The Morgan fingerprint density at radius 1 is 1.40 bits per heavy atom. The Bertz CT molecular complexity index is 643. The number of aryl methyl sites for hydroxylation is 2. The van der Waals surface area contributed by atoms with Crippen molar-refractivity contribution < 1.29 is 13.6 Å². The number of rotatable bonds is 3. The highest BCUT2D eigenvalue weighted by Crippen LogP contribution is 2.19. The van der Waals surface area contributed by atoms with Gasteiger partial charge in [0, 0.05) is 18.8 Å². The van der Waals surface area contributed by atoms with Crippen LogP contribution in [0.3, 0.4) is 0 Å². The lowest BCUT2D eigenvalue weighted by atomic mass is 10.1. The normalized spacial score (nSPS) is 10.6. The molecule has 2 rings (SSSR count). The summed E-state index contributed by atoms with van der Waals surface area (Å²) in [5, 5.41) is 6.73. The van der Waals surface area contributed by atoms with Gasteiger partial charge in [0.2, 0.25) is 0 Å². The molecule has 5 nitrogen and oxygen atoms in total. The van der Waals surface area contributed by atoms with Gasteiger partial charge in [-0.3, -0.25) is 9.48 Å². The van der Waals surface area contributed by atoms with Crippen molar-refractivity contribution in [2.75, 3.05) is 11.1 Å². The molecule has 1 heterocycles. The van der Waals surface area contributed by atoms with E-state index in [1.165, 1.54) is 0 Å². The van der Waals surface area contributed by atoms with Crippen LogP contribution in [-0.4, -0.2) is 15.7 Å². The second-order valence-corrected chi connectivity index (χ2v) is 4.32. The first-order valence-electron chi connectivity index (χ1n) is 6.00. The molecule has 1 aromatic heterocycles. The molecule has 1 amide bonds. The molecule has 0 atom stereocenters. The molecule has 0 aliphatic heterocycles. The molecule has 0 aliphatic carbocycles. The number of nitrogens with one attached hydrogen (secondary N) is 1. The summed E-state index contributed by atoms with van der Waals surface area (Å²) in [5.74, 6) is -2.54. The molecule has 3 N–H and O–H groups in total. The molecule has 0 unspecified atom stereocenters. The molecule has 106 valence electrons. The standard InChI is InChI=1S/C13H14F2N4O/c1-3-10-11(6-19(2)18-10)17-13(20)7-4-8(14)12(16)9(15)5-7/h4-6H,3,16H2,1-2H3,(H,17,20). The first-order valence-corrected chi connectivity index (χ1v) is 6.00. The van der Waals surface area contributed by atoms with Gasteiger partial charge in [0.25, 0.3) is 5.91 Å². The van der Waals surface area contributed by atoms with Crippen LogP contribution in [0.25, 0.3) is 0 Å². The topological polar surface area (TPSA) is 72.9 Å². The fourth-order valence-electron chi connectivity index (χ4n) is 1.81. The number of hydrogen-bond acceptors (Lipinski definition) is 3. The van der Waals surface area contributed by atoms with Crippen molar-refractivity contribution in [3.63, 3.8) is 0 Å². The number of anilines is 2. The van der Waals surface area contributed by atoms with Gasteiger partial charge in [0.05, 0.1) is 11.4 Å². The van der Waals surface area contributed by atoms with Crippen molar-refractivity contribution in [1.29, 1.82) is 0 Å². The maximum absolute atomic E-state index is 13.3. The fourth-order valence-corrected chi connectivity index (χ4v) is 1.81. The molecule has 20 heavy (non-hydrogen) atoms. The van der Waals surface area contributed by atoms with Crippen LogP contribution in [0.4, 0.5) is 20.2 Å². The molecule has 0 aliphatic rings. The van der Waals surface area contributed by atoms with E-state index in [9.17, 15) is 13.6 Å². The van der Waals surface area contributed by atoms with Gasteiger partial charge in [-0.15, -0.1) is 0 Å². The lowest BCUT2D eigenvalue weighted by Crippen LogP contribution is -2.14. The number of nitrogens with zero attached hydrogens (tertiary/aromatic N) is 2. The number of benzene rings is 1. The first-order chi connectivity index (χ1) is 9.42. The highest BCUT2D eigenvalue weighted by Gasteiger charge is 2.15. The number of aromatic nitrogens is 2. The molecule has 0 saturated carbocycles. The zero-order valence-corrected chi connectivity index (χ0v) is 11.1. The van der Waals surface area contributed by atoms with E-state index >= 15 is 0 Å². The van der Waals surface area contributed by atoms with Crippen LogP contribution in [0.5, 0.6) is 0 Å². The molecule has 0 radical (unpaired) electrons. The molecular formula is C13H14F2N4O. The molecule has 0 bridgehead atoms. The third-order valence-corrected chi connectivity index (χ3v) is 2.83. The van der Waals surface area contributed by atoms with Crippen molar-refractivity contribution in [3.05, 3.63) is 41.2 Å². The fraction of sp³-hybridized carbons (Fsp3) is 0.231. The van der Waals surface area contributed by atoms with E-state index in [1.54, 1.807) is 17.9 Å². The van der Waals surface area contributed by atoms with Crippen LogP contribution in [0.1, 0.15) is 23.0 Å². The summed E-state index contributed by atoms with van der Waals surface area (Å²) < 4.78 is 28.2. The Hall–Kier alpha value is -2.44. The van der Waals surface area contributed by atoms with Gasteiger partial charge in [-0.2, -0.15) is 5.10 Å². The van der Waals surface area contributed by atoms with Gasteiger partial charge in [-0.1, -0.05) is 6.92 Å². The van der Waals surface area contributed by atoms with E-state index < -0.39 is 23.2 Å². The second kappa shape index (κ2) is 5.28. The number of nitrogen functional groups attached to an aromatic ring is 1. The number of carbonyl (C=O) groups is 1. The van der Waals surface area contributed by atoms with Crippen LogP contribution in [-0.2, 0) is 13.5 Å². The minimum absolute atomic E-state index is 0.139. The Morgan fingerprint density at radius 3 is 2.55 bits per heavy atom. The van der Waals surface area contributed by atoms with E-state index in [2.05, 4.69) is 10.4 Å². The highest BCUT2D eigenvalue weighted by molar-refractivity contribution is 6.04. The second-order valence-electron chi connectivity index (χ2n) is 4.32. The smallest absolute Gasteiger partial charge is 0.255 e. The average Bonchev–Trinajstić information content (AvgIpc) is 2.75. The predicted molar refractivity (Wildman–Crippen MR) is 71.3 cm³/mol. The van der Waals surface area contributed by atoms with Gasteiger partial charge < -0.3 is 11.1 Å². The van der Waals surface area contributed by atoms with Crippen molar-refractivity contribution in [3.8, 4) is 0 Å². The first kappa shape index (κ1) is 14.0. The zero-order chi connectivity index (χ0) is 14.9. The van der Waals surface area contributed by atoms with Crippen molar-refractivity contribution in [2.24, 2.45) is 7.05 Å². The molecule has 7 heteroatoms. The largest absolute Gasteiger partial charge is 0.394 e. The van der Waals surface area contributed by atoms with Gasteiger partial charge in [0.15, 0.2) is 0 Å². The Balaban J connectivity index is 2.28. The quantitative estimate of drug-likeness (QED) is 0.846. The summed E-state index contributed by atoms with van der Waals surface area (Å²) in [6, 6.07) is 1.80. The van der Waals surface area contributed by atoms with Crippen LogP contribution in [0.15, 0.2) is 18.3 Å². The number of halogens is 2. The summed E-state index contributed by atoms with van der Waals surface area (Å²) in [6.45, 7) is 1.89. The van der Waals surface area contributed by atoms with Crippen LogP contribution < -0.4 is 11.1 Å². The van der Waals surface area contributed by atoms with Crippen LogP contribution >= 0.6 is 0 Å². The molecule has 1 aromatic carbocycles. The molecule has 0 fully saturated rings. The predicted octanol–water partition coefficient (Wildman–Crippen LogP) is 2.10. The minimum atomic E-state index is -0.961. The number of carbonyl (C=O) groups excluding carboxylic acids is 1. The van der Waals surface area contributed by atoms with Gasteiger partial charge >= 0.3 is 0 Å². The van der Waals surface area contributed by atoms with Gasteiger partial charge in [-0.25, -0.2) is 8.78 Å². The average molecular weight is 280 g/mol. The lowest BCUT2D eigenvalue weighted by molar-refractivity contribution is 0.102. The van der Waals surface area contributed by atoms with E-state index in [4.69, 9.17) is 5.73 Å². The molecular weight excluding hydrogens is 266 g/mol. The Kier molecular flexibility index (Phi) is 3.69. The van der Waals surface area contributed by atoms with Crippen molar-refractivity contribution >= 4 is 17.3 Å². The SMILES string of the molecule is CCc1nn(C)cc1NC(=O)c1cc(F)c(N)c(F)c1. The van der Waals surface area contributed by atoms with Crippen LogP contribution in [0.2, 0.25) is 0 Å². The van der Waals surface area contributed by atoms with Crippen molar-refractivity contribution in [1.82, 2.24) is 9.78 Å². The zero-order valence-electron chi connectivity index (χ0n) is 11.1. The molecule has 2 aromatic rings. The minimum Gasteiger partial charge on any atom is -0.394 e. The number of hydrogen-bond donors (Lipinski definition) is 2. The highest BCUT2D eigenvalue weighted by atomic mass is 19.1. The van der Waals surface area contributed by atoms with E-state index in [0.717, 1.165) is 12.1 Å². The molecule has 0 saturated heterocycles. The van der Waals surface area contributed by atoms with Gasteiger partial charge in [0.1, 0.15) is 17.3 Å². The summed E-state index contributed by atoms with van der Waals surface area (Å²) in [5.41, 5.74) is 5.62. The summed E-state index contributed by atoms with van der Waals surface area (Å²) in [4.78, 5) is 12.0. The summed E-state index contributed by atoms with van der Waals surface area (Å²) in [6.07, 6.45) is 2.25. The van der Waals surface area contributed by atoms with Gasteiger partial charge in [-0.05, 0) is 18.6 Å². The monoisotopic (exact) mass is 280 g/mol. The van der Waals surface area contributed by atoms with Crippen molar-refractivity contribution in [2.45, 2.75) is 13.3 Å². The van der Waals surface area contributed by atoms with E-state index in [-0.39, 0.29) is 5.56 Å². The third-order valence-electron chi connectivity index (χ3n) is 2.83. The number of amides is 1. The van der Waals surface area contributed by atoms with E-state index in [0.29, 0.717) is 17.8 Å². The maximum Gasteiger partial charge on any atom is 0.255 e. The van der Waals surface area contributed by atoms with Crippen LogP contribution in [0, 0.1) is 11.6 Å². The van der Waals surface area contributed by atoms with E-state index in [1.807, 2.05) is 6.92 Å². The maximum atomic E-state index is 13.3. The molecule has 0 spiro atoms. The lowest BCUT2D eigenvalue weighted by Gasteiger charge is -2.06. The Morgan fingerprint density at radius 2 is 2.00 bits per heavy atom. The summed E-state index contributed by atoms with van der Waals surface area (Å²) >= 11 is 0. The summed E-state index contributed by atoms with van der Waals surface area (Å²) in [7, 11) is 1.72. The number of nitrogens with two attached hydrogens (primary N) is 1. The third kappa shape index (κ3) is 2.61. The Labute approximate surface area is 114 Å².